The highest BCUT2D eigenvalue weighted by Gasteiger charge is 2.19. The van der Waals surface area contributed by atoms with E-state index in [-0.39, 0.29) is 37.5 Å². The third-order valence-electron chi connectivity index (χ3n) is 11.2. The maximum Gasteiger partial charge on any atom is 0.306 e. The summed E-state index contributed by atoms with van der Waals surface area (Å²) >= 11 is 0. The molecule has 0 aromatic heterocycles. The summed E-state index contributed by atoms with van der Waals surface area (Å²) in [4.78, 5) is 38.0. The SMILES string of the molecule is CCCCC/C=C\C/C=C\C/C=C\C/C=C\CCCC(=O)OC[C@@H](COC(=O)CCCCCCC/C=C\CCCCC)OC(=O)CCCCCCC/C=C\CCCCCCCCC. The van der Waals surface area contributed by atoms with Crippen molar-refractivity contribution < 1.29 is 28.6 Å². The first-order valence-corrected chi connectivity index (χ1v) is 26.4. The van der Waals surface area contributed by atoms with E-state index in [1.807, 2.05) is 0 Å². The monoisotopic (exact) mass is 879 g/mol. The summed E-state index contributed by atoms with van der Waals surface area (Å²) in [6, 6.07) is 0. The summed E-state index contributed by atoms with van der Waals surface area (Å²) in [6.45, 7) is 6.52. The number of rotatable bonds is 47. The molecule has 0 radical (unpaired) electrons. The second-order valence-electron chi connectivity index (χ2n) is 17.4. The van der Waals surface area contributed by atoms with Gasteiger partial charge in [0.25, 0.3) is 0 Å². The van der Waals surface area contributed by atoms with Crippen LogP contribution in [-0.2, 0) is 28.6 Å². The lowest BCUT2D eigenvalue weighted by atomic mass is 10.1. The van der Waals surface area contributed by atoms with Gasteiger partial charge in [0.2, 0.25) is 0 Å². The molecule has 1 atom stereocenters. The van der Waals surface area contributed by atoms with Crippen molar-refractivity contribution in [1.82, 2.24) is 0 Å². The molecule has 0 aromatic carbocycles. The molecule has 0 saturated heterocycles. The zero-order chi connectivity index (χ0) is 45.8. The molecule has 0 amide bonds. The van der Waals surface area contributed by atoms with Crippen LogP contribution >= 0.6 is 0 Å². The number of hydrogen-bond donors (Lipinski definition) is 0. The molecule has 0 rings (SSSR count). The van der Waals surface area contributed by atoms with Crippen LogP contribution in [0.25, 0.3) is 0 Å². The number of hydrogen-bond acceptors (Lipinski definition) is 6. The maximum absolute atomic E-state index is 12.8. The van der Waals surface area contributed by atoms with E-state index in [1.165, 1.54) is 116 Å². The van der Waals surface area contributed by atoms with Crippen molar-refractivity contribution in [3.05, 3.63) is 72.9 Å². The normalized spacial score (nSPS) is 12.6. The van der Waals surface area contributed by atoms with Crippen LogP contribution in [0.4, 0.5) is 0 Å². The molecule has 6 heteroatoms. The molecule has 63 heavy (non-hydrogen) atoms. The maximum atomic E-state index is 12.8. The second-order valence-corrected chi connectivity index (χ2v) is 17.4. The summed E-state index contributed by atoms with van der Waals surface area (Å²) in [5.41, 5.74) is 0. The molecule has 0 unspecified atom stereocenters. The molecule has 0 aliphatic heterocycles. The summed E-state index contributed by atoms with van der Waals surface area (Å²) in [7, 11) is 0. The zero-order valence-corrected chi connectivity index (χ0v) is 41.3. The fraction of sp³-hybridized carbons (Fsp3) is 0.737. The molecule has 0 bridgehead atoms. The first kappa shape index (κ1) is 59.9. The molecule has 0 saturated carbocycles. The van der Waals surface area contributed by atoms with Gasteiger partial charge in [0, 0.05) is 19.3 Å². The Balaban J connectivity index is 4.48. The Kier molecular flexibility index (Phi) is 48.9. The van der Waals surface area contributed by atoms with Crippen molar-refractivity contribution in [2.24, 2.45) is 0 Å². The second kappa shape index (κ2) is 51.5. The van der Waals surface area contributed by atoms with Crippen molar-refractivity contribution in [1.29, 1.82) is 0 Å². The molecule has 6 nitrogen and oxygen atoms in total. The predicted octanol–water partition coefficient (Wildman–Crippen LogP) is 17.4. The molecule has 0 aliphatic rings. The van der Waals surface area contributed by atoms with Gasteiger partial charge in [0.05, 0.1) is 0 Å². The van der Waals surface area contributed by atoms with E-state index in [4.69, 9.17) is 14.2 Å². The Morgan fingerprint density at radius 3 is 1.00 bits per heavy atom. The van der Waals surface area contributed by atoms with Gasteiger partial charge < -0.3 is 14.2 Å². The standard InChI is InChI=1S/C57H98O6/c1-4-7-10-13-16-19-22-25-27-29-31-32-35-38-41-44-47-50-56(59)62-53-54(52-61-55(58)49-46-43-40-37-34-24-21-18-15-12-9-6-3)63-57(60)51-48-45-42-39-36-33-30-28-26-23-20-17-14-11-8-5-2/h16,18-19,21,25,27-28,30-32,38,41,54H,4-15,17,20,22-24,26,29,33-37,39-40,42-53H2,1-3H3/b19-16-,21-18-,27-25-,30-28-,32-31-,41-38-/t54-/m1/s1. The Hall–Kier alpha value is -3.15. The lowest BCUT2D eigenvalue weighted by molar-refractivity contribution is -0.167. The van der Waals surface area contributed by atoms with Crippen LogP contribution in [0.15, 0.2) is 72.9 Å². The lowest BCUT2D eigenvalue weighted by Crippen LogP contribution is -2.30. The topological polar surface area (TPSA) is 78.9 Å². The largest absolute Gasteiger partial charge is 0.462 e. The summed E-state index contributed by atoms with van der Waals surface area (Å²) < 4.78 is 16.7. The lowest BCUT2D eigenvalue weighted by Gasteiger charge is -2.18. The summed E-state index contributed by atoms with van der Waals surface area (Å²) in [6.07, 6.45) is 64.6. The number of allylic oxidation sites excluding steroid dienone is 12. The van der Waals surface area contributed by atoms with Gasteiger partial charge in [-0.3, -0.25) is 14.4 Å². The van der Waals surface area contributed by atoms with E-state index in [1.54, 1.807) is 0 Å². The number of esters is 3. The van der Waals surface area contributed by atoms with Gasteiger partial charge in [-0.1, -0.05) is 196 Å². The van der Waals surface area contributed by atoms with E-state index in [0.29, 0.717) is 19.3 Å². The fourth-order valence-corrected chi connectivity index (χ4v) is 7.13. The number of carbonyl (C=O) groups is 3. The average molecular weight is 879 g/mol. The minimum atomic E-state index is -0.804. The average Bonchev–Trinajstić information content (AvgIpc) is 3.28. The minimum Gasteiger partial charge on any atom is -0.462 e. The minimum absolute atomic E-state index is 0.100. The van der Waals surface area contributed by atoms with Gasteiger partial charge in [0.1, 0.15) is 13.2 Å². The molecule has 0 aliphatic carbocycles. The van der Waals surface area contributed by atoms with Crippen LogP contribution in [0.5, 0.6) is 0 Å². The molecular formula is C57H98O6. The smallest absolute Gasteiger partial charge is 0.306 e. The van der Waals surface area contributed by atoms with Crippen LogP contribution in [0.2, 0.25) is 0 Å². The molecule has 0 N–H and O–H groups in total. The molecule has 362 valence electrons. The van der Waals surface area contributed by atoms with Crippen molar-refractivity contribution in [2.45, 2.75) is 258 Å². The molecule has 0 heterocycles. The van der Waals surface area contributed by atoms with Gasteiger partial charge in [-0.05, 0) is 109 Å². The van der Waals surface area contributed by atoms with Gasteiger partial charge in [-0.2, -0.15) is 0 Å². The Morgan fingerprint density at radius 2 is 0.587 bits per heavy atom. The summed E-state index contributed by atoms with van der Waals surface area (Å²) in [5.74, 6) is -0.973. The molecular weight excluding hydrogens is 781 g/mol. The number of unbranched alkanes of at least 4 members (excludes halogenated alkanes) is 24. The third-order valence-corrected chi connectivity index (χ3v) is 11.2. The van der Waals surface area contributed by atoms with Crippen LogP contribution in [0, 0.1) is 0 Å². The van der Waals surface area contributed by atoms with E-state index in [2.05, 4.69) is 93.7 Å². The molecule has 0 aromatic rings. The first-order valence-electron chi connectivity index (χ1n) is 26.4. The van der Waals surface area contributed by atoms with Crippen molar-refractivity contribution >= 4 is 17.9 Å². The fourth-order valence-electron chi connectivity index (χ4n) is 7.13. The van der Waals surface area contributed by atoms with Gasteiger partial charge >= 0.3 is 17.9 Å². The first-order chi connectivity index (χ1) is 31.0. The Morgan fingerprint density at radius 1 is 0.317 bits per heavy atom. The van der Waals surface area contributed by atoms with E-state index < -0.39 is 6.10 Å². The zero-order valence-electron chi connectivity index (χ0n) is 41.3. The van der Waals surface area contributed by atoms with Crippen LogP contribution in [0.1, 0.15) is 252 Å². The van der Waals surface area contributed by atoms with E-state index in [9.17, 15) is 14.4 Å². The van der Waals surface area contributed by atoms with Crippen molar-refractivity contribution in [3.63, 3.8) is 0 Å². The van der Waals surface area contributed by atoms with Gasteiger partial charge in [-0.15, -0.1) is 0 Å². The summed E-state index contributed by atoms with van der Waals surface area (Å²) in [5, 5.41) is 0. The van der Waals surface area contributed by atoms with Gasteiger partial charge in [-0.25, -0.2) is 0 Å². The highest BCUT2D eigenvalue weighted by atomic mass is 16.6. The Labute approximate surface area is 389 Å². The van der Waals surface area contributed by atoms with Crippen LogP contribution in [0.3, 0.4) is 0 Å². The van der Waals surface area contributed by atoms with Crippen LogP contribution < -0.4 is 0 Å². The quantitative estimate of drug-likeness (QED) is 0.0262. The number of carbonyl (C=O) groups excluding carboxylic acids is 3. The highest BCUT2D eigenvalue weighted by molar-refractivity contribution is 5.71. The predicted molar refractivity (Wildman–Crippen MR) is 270 cm³/mol. The van der Waals surface area contributed by atoms with Crippen molar-refractivity contribution in [3.8, 4) is 0 Å². The third kappa shape index (κ3) is 49.7. The van der Waals surface area contributed by atoms with Crippen molar-refractivity contribution in [2.75, 3.05) is 13.2 Å². The molecule has 0 fully saturated rings. The Bertz CT molecular complexity index is 1190. The highest BCUT2D eigenvalue weighted by Crippen LogP contribution is 2.13. The van der Waals surface area contributed by atoms with Crippen LogP contribution in [-0.4, -0.2) is 37.2 Å². The van der Waals surface area contributed by atoms with Gasteiger partial charge in [0.15, 0.2) is 6.10 Å². The van der Waals surface area contributed by atoms with E-state index >= 15 is 0 Å². The van der Waals surface area contributed by atoms with E-state index in [0.717, 1.165) is 89.9 Å². The number of ether oxygens (including phenoxy) is 3. The molecule has 0 spiro atoms.